The van der Waals surface area contributed by atoms with Crippen molar-refractivity contribution < 1.29 is 14.8 Å². The molecule has 0 aromatic heterocycles. The van der Waals surface area contributed by atoms with Crippen LogP contribution in [0.15, 0.2) is 46.9 Å². The van der Waals surface area contributed by atoms with Crippen LogP contribution in [0.25, 0.3) is 0 Å². The minimum atomic E-state index is -0.523. The van der Waals surface area contributed by atoms with Gasteiger partial charge in [-0.25, -0.2) is 0 Å². The Labute approximate surface area is 130 Å². The van der Waals surface area contributed by atoms with Crippen LogP contribution in [0.3, 0.4) is 0 Å². The maximum atomic E-state index is 10.9. The van der Waals surface area contributed by atoms with Gasteiger partial charge in [0.1, 0.15) is 16.8 Å². The molecule has 6 heteroatoms. The van der Waals surface area contributed by atoms with Gasteiger partial charge in [-0.3, -0.25) is 10.1 Å². The number of ether oxygens (including phenoxy) is 1. The number of benzene rings is 2. The van der Waals surface area contributed by atoms with Gasteiger partial charge < -0.3 is 9.84 Å². The van der Waals surface area contributed by atoms with Gasteiger partial charge >= 0.3 is 0 Å². The molecule has 0 unspecified atom stereocenters. The first-order valence-corrected chi connectivity index (χ1v) is 7.11. The van der Waals surface area contributed by atoms with Gasteiger partial charge in [-0.2, -0.15) is 0 Å². The minimum Gasteiger partial charge on any atom is -0.489 e. The van der Waals surface area contributed by atoms with Crippen molar-refractivity contribution in [2.24, 2.45) is 0 Å². The van der Waals surface area contributed by atoms with Gasteiger partial charge in [0.25, 0.3) is 5.69 Å². The maximum Gasteiger partial charge on any atom is 0.283 e. The van der Waals surface area contributed by atoms with Crippen LogP contribution < -0.4 is 4.74 Å². The van der Waals surface area contributed by atoms with Crippen LogP contribution >= 0.6 is 15.9 Å². The molecule has 0 aliphatic carbocycles. The molecular weight excluding hydrogens is 338 g/mol. The highest BCUT2D eigenvalue weighted by molar-refractivity contribution is 9.10. The predicted molar refractivity (Wildman–Crippen MR) is 82.2 cm³/mol. The lowest BCUT2D eigenvalue weighted by Gasteiger charge is -2.09. The van der Waals surface area contributed by atoms with Gasteiger partial charge in [0.05, 0.1) is 11.0 Å². The predicted octanol–water partition coefficient (Wildman–Crippen LogP) is 3.99. The average Bonchev–Trinajstić information content (AvgIpc) is 2.46. The average molecular weight is 352 g/mol. The molecule has 0 aliphatic heterocycles. The van der Waals surface area contributed by atoms with E-state index in [1.807, 2.05) is 0 Å². The second-order valence-electron chi connectivity index (χ2n) is 4.54. The molecule has 0 saturated carbocycles. The highest BCUT2D eigenvalue weighted by Gasteiger charge is 2.15. The van der Waals surface area contributed by atoms with E-state index in [0.717, 1.165) is 5.56 Å². The van der Waals surface area contributed by atoms with Crippen molar-refractivity contribution in [3.05, 3.63) is 68.2 Å². The summed E-state index contributed by atoms with van der Waals surface area (Å²) in [6, 6.07) is 11.9. The van der Waals surface area contributed by atoms with Crippen LogP contribution in [-0.4, -0.2) is 10.0 Å². The van der Waals surface area contributed by atoms with Crippen molar-refractivity contribution in [3.63, 3.8) is 0 Å². The summed E-state index contributed by atoms with van der Waals surface area (Å²) in [6.45, 7) is 1.91. The van der Waals surface area contributed by atoms with Crippen LogP contribution in [0.2, 0.25) is 0 Å². The number of aliphatic hydroxyl groups excluding tert-OH is 1. The van der Waals surface area contributed by atoms with Gasteiger partial charge in [-0.15, -0.1) is 0 Å². The van der Waals surface area contributed by atoms with E-state index in [4.69, 9.17) is 4.74 Å². The smallest absolute Gasteiger partial charge is 0.283 e. The van der Waals surface area contributed by atoms with Crippen LogP contribution in [0.1, 0.15) is 24.2 Å². The van der Waals surface area contributed by atoms with Crippen molar-refractivity contribution in [3.8, 4) is 5.75 Å². The third-order valence-electron chi connectivity index (χ3n) is 3.01. The van der Waals surface area contributed by atoms with E-state index in [2.05, 4.69) is 15.9 Å². The second kappa shape index (κ2) is 6.69. The SMILES string of the molecule is C[C@H](O)c1ccc(OCc2cccc([N+](=O)[O-])c2Br)cc1. The molecule has 1 N–H and O–H groups in total. The Balaban J connectivity index is 2.09. The Hall–Kier alpha value is -1.92. The summed E-state index contributed by atoms with van der Waals surface area (Å²) in [6.07, 6.45) is -0.523. The van der Waals surface area contributed by atoms with E-state index < -0.39 is 11.0 Å². The van der Waals surface area contributed by atoms with Crippen LogP contribution in [0.5, 0.6) is 5.75 Å². The Kier molecular flexibility index (Phi) is 4.93. The Morgan fingerprint density at radius 1 is 1.29 bits per heavy atom. The fourth-order valence-corrected chi connectivity index (χ4v) is 2.35. The quantitative estimate of drug-likeness (QED) is 0.652. The summed E-state index contributed by atoms with van der Waals surface area (Å²) in [4.78, 5) is 10.4. The fraction of sp³-hybridized carbons (Fsp3) is 0.200. The summed E-state index contributed by atoms with van der Waals surface area (Å²) in [7, 11) is 0. The van der Waals surface area contributed by atoms with Crippen LogP contribution in [0, 0.1) is 10.1 Å². The van der Waals surface area contributed by atoms with E-state index in [0.29, 0.717) is 15.8 Å². The Morgan fingerprint density at radius 3 is 2.52 bits per heavy atom. The lowest BCUT2D eigenvalue weighted by atomic mass is 10.1. The molecule has 21 heavy (non-hydrogen) atoms. The molecule has 0 heterocycles. The Morgan fingerprint density at radius 2 is 1.95 bits per heavy atom. The molecule has 0 saturated heterocycles. The van der Waals surface area contributed by atoms with Crippen molar-refractivity contribution in [2.75, 3.05) is 0 Å². The van der Waals surface area contributed by atoms with Gasteiger partial charge in [-0.1, -0.05) is 24.3 Å². The standard InChI is InChI=1S/C15H14BrNO4/c1-10(18)11-5-7-13(8-6-11)21-9-12-3-2-4-14(15(12)16)17(19)20/h2-8,10,18H,9H2,1H3/t10-/m0/s1. The lowest BCUT2D eigenvalue weighted by molar-refractivity contribution is -0.385. The summed E-state index contributed by atoms with van der Waals surface area (Å²) in [5.41, 5.74) is 1.52. The van der Waals surface area contributed by atoms with Crippen molar-refractivity contribution in [1.29, 1.82) is 0 Å². The molecule has 110 valence electrons. The zero-order chi connectivity index (χ0) is 15.4. The third kappa shape index (κ3) is 3.80. The van der Waals surface area contributed by atoms with E-state index in [9.17, 15) is 15.2 Å². The van der Waals surface area contributed by atoms with E-state index >= 15 is 0 Å². The van der Waals surface area contributed by atoms with Crippen LogP contribution in [-0.2, 0) is 6.61 Å². The van der Waals surface area contributed by atoms with Crippen molar-refractivity contribution >= 4 is 21.6 Å². The normalized spacial score (nSPS) is 12.0. The number of aliphatic hydroxyl groups is 1. The second-order valence-corrected chi connectivity index (χ2v) is 5.33. The fourth-order valence-electron chi connectivity index (χ4n) is 1.82. The van der Waals surface area contributed by atoms with Crippen molar-refractivity contribution in [1.82, 2.24) is 0 Å². The molecule has 0 fully saturated rings. The molecule has 0 spiro atoms. The van der Waals surface area contributed by atoms with E-state index in [1.165, 1.54) is 6.07 Å². The first kappa shape index (κ1) is 15.5. The van der Waals surface area contributed by atoms with E-state index in [-0.39, 0.29) is 12.3 Å². The van der Waals surface area contributed by atoms with Crippen molar-refractivity contribution in [2.45, 2.75) is 19.6 Å². The number of nitrogens with zero attached hydrogens (tertiary/aromatic N) is 1. The molecule has 2 rings (SSSR count). The highest BCUT2D eigenvalue weighted by Crippen LogP contribution is 2.29. The van der Waals surface area contributed by atoms with Crippen LogP contribution in [0.4, 0.5) is 5.69 Å². The molecule has 2 aromatic carbocycles. The minimum absolute atomic E-state index is 0.0144. The molecule has 0 radical (unpaired) electrons. The molecule has 2 aromatic rings. The Bertz CT molecular complexity index is 641. The molecule has 5 nitrogen and oxygen atoms in total. The number of hydrogen-bond donors (Lipinski definition) is 1. The van der Waals surface area contributed by atoms with Gasteiger partial charge in [0, 0.05) is 11.6 Å². The highest BCUT2D eigenvalue weighted by atomic mass is 79.9. The molecular formula is C15H14BrNO4. The van der Waals surface area contributed by atoms with Gasteiger partial charge in [-0.05, 0) is 40.5 Å². The zero-order valence-corrected chi connectivity index (χ0v) is 12.9. The number of nitro benzene ring substituents is 1. The number of nitro groups is 1. The monoisotopic (exact) mass is 351 g/mol. The molecule has 1 atom stereocenters. The summed E-state index contributed by atoms with van der Waals surface area (Å²) in [5, 5.41) is 20.3. The lowest BCUT2D eigenvalue weighted by Crippen LogP contribution is -1.99. The number of rotatable bonds is 5. The largest absolute Gasteiger partial charge is 0.489 e. The van der Waals surface area contributed by atoms with Gasteiger partial charge in [0.15, 0.2) is 0 Å². The molecule has 0 aliphatic rings. The summed E-state index contributed by atoms with van der Waals surface area (Å²) >= 11 is 3.23. The maximum absolute atomic E-state index is 10.9. The third-order valence-corrected chi connectivity index (χ3v) is 3.93. The number of halogens is 1. The molecule has 0 amide bonds. The molecule has 0 bridgehead atoms. The number of hydrogen-bond acceptors (Lipinski definition) is 4. The van der Waals surface area contributed by atoms with E-state index in [1.54, 1.807) is 43.3 Å². The topological polar surface area (TPSA) is 72.6 Å². The first-order chi connectivity index (χ1) is 9.99. The van der Waals surface area contributed by atoms with Gasteiger partial charge in [0.2, 0.25) is 0 Å². The zero-order valence-electron chi connectivity index (χ0n) is 11.3. The summed E-state index contributed by atoms with van der Waals surface area (Å²) in [5.74, 6) is 0.637. The summed E-state index contributed by atoms with van der Waals surface area (Å²) < 4.78 is 6.03. The first-order valence-electron chi connectivity index (χ1n) is 6.31.